The van der Waals surface area contributed by atoms with E-state index in [0.717, 1.165) is 65.0 Å². The maximum absolute atomic E-state index is 9.77. The Bertz CT molecular complexity index is 4320. The van der Waals surface area contributed by atoms with Gasteiger partial charge in [0.15, 0.2) is 8.07 Å². The lowest BCUT2D eigenvalue weighted by Gasteiger charge is -2.36. The zero-order chi connectivity index (χ0) is 54.4. The minimum absolute atomic E-state index is 0.101. The largest absolute Gasteiger partial charge is 0.309 e. The molecule has 13 aromatic rings. The molecule has 0 aliphatic rings. The molecular weight excluding hydrogens is 849 g/mol. The highest BCUT2D eigenvalue weighted by Gasteiger charge is 2.42. The predicted octanol–water partition coefficient (Wildman–Crippen LogP) is 14.3. The monoisotopic (exact) mass is 904 g/mol. The molecule has 2 heterocycles. The second kappa shape index (κ2) is 16.8. The topological polar surface area (TPSA) is 9.86 Å². The van der Waals surface area contributed by atoms with E-state index in [1.165, 1.54) is 0 Å². The number of hydrogen-bond donors (Lipinski definition) is 0. The van der Waals surface area contributed by atoms with Crippen LogP contribution in [-0.4, -0.2) is 17.2 Å². The van der Waals surface area contributed by atoms with Crippen LogP contribution < -0.4 is 20.7 Å². The third kappa shape index (κ3) is 6.54. The Kier molecular flexibility index (Phi) is 7.63. The molecule has 13 rings (SSSR count). The van der Waals surface area contributed by atoms with Crippen LogP contribution in [0.4, 0.5) is 0 Å². The van der Waals surface area contributed by atoms with Crippen molar-refractivity contribution >= 4 is 72.4 Å². The lowest BCUT2D eigenvalue weighted by atomic mass is 9.95. The molecule has 0 saturated carbocycles. The van der Waals surface area contributed by atoms with Crippen molar-refractivity contribution in [1.82, 2.24) is 9.13 Å². The minimum atomic E-state index is -3.62. The van der Waals surface area contributed by atoms with Gasteiger partial charge in [0.2, 0.25) is 0 Å². The maximum Gasteiger partial charge on any atom is 0.179 e. The quantitative estimate of drug-likeness (QED) is 0.101. The Balaban J connectivity index is 1.21. The average molecular weight is 905 g/mol. The molecule has 0 saturated heterocycles. The van der Waals surface area contributed by atoms with Crippen molar-refractivity contribution in [3.05, 3.63) is 279 Å². The fraction of sp³-hybridized carbons (Fsp3) is 0. The SMILES string of the molecule is [2H]c1c([2H])c([2H])c(-c2cc([Si](c3ccccc3)(c3ccccc3)c3ccccc3)cc(-c3c([2H])c([2H])c([2H])c([2H])c3[2H])c2-n2c3ccccc3c3cc(-c4ccccc4-n4c5ccccc5c5ccccc54)ccc32)c([2H])c1[2H]. The molecule has 0 unspecified atom stereocenters. The molecule has 0 N–H and O–H groups in total. The number of para-hydroxylation sites is 4. The first-order chi connectivity index (χ1) is 38.4. The van der Waals surface area contributed by atoms with Gasteiger partial charge in [-0.25, -0.2) is 0 Å². The lowest BCUT2D eigenvalue weighted by Crippen LogP contribution is -2.74. The van der Waals surface area contributed by atoms with Gasteiger partial charge in [0.05, 0.1) is 47.1 Å². The van der Waals surface area contributed by atoms with Gasteiger partial charge < -0.3 is 9.13 Å². The summed E-state index contributed by atoms with van der Waals surface area (Å²) >= 11 is 0. The number of nitrogens with zero attached hydrogens (tertiary/aromatic N) is 2. The highest BCUT2D eigenvalue weighted by atomic mass is 28.3. The van der Waals surface area contributed by atoms with E-state index in [4.69, 9.17) is 2.74 Å². The van der Waals surface area contributed by atoms with Crippen molar-refractivity contribution in [1.29, 1.82) is 0 Å². The summed E-state index contributed by atoms with van der Waals surface area (Å²) in [6.07, 6.45) is 0. The summed E-state index contributed by atoms with van der Waals surface area (Å²) in [5, 5.41) is 7.51. The van der Waals surface area contributed by atoms with E-state index in [1.807, 2.05) is 114 Å². The summed E-state index contributed by atoms with van der Waals surface area (Å²) in [6.45, 7) is 0. The number of hydrogen-bond acceptors (Lipinski definition) is 0. The number of rotatable bonds is 9. The first kappa shape index (κ1) is 31.3. The summed E-state index contributed by atoms with van der Waals surface area (Å²) in [6, 6.07) is 68.3. The molecule has 324 valence electrons. The van der Waals surface area contributed by atoms with Crippen LogP contribution in [0.5, 0.6) is 0 Å². The zero-order valence-corrected chi connectivity index (χ0v) is 38.2. The predicted molar refractivity (Wildman–Crippen MR) is 295 cm³/mol. The van der Waals surface area contributed by atoms with Crippen molar-refractivity contribution in [3.63, 3.8) is 0 Å². The first-order valence-electron chi connectivity index (χ1n) is 28.0. The van der Waals surface area contributed by atoms with E-state index in [9.17, 15) is 11.0 Å². The Morgan fingerprint density at radius 2 is 0.696 bits per heavy atom. The molecule has 0 bridgehead atoms. The van der Waals surface area contributed by atoms with Crippen molar-refractivity contribution in [2.75, 3.05) is 0 Å². The van der Waals surface area contributed by atoms with Crippen LogP contribution in [-0.2, 0) is 0 Å². The lowest BCUT2D eigenvalue weighted by molar-refractivity contribution is 1.18. The van der Waals surface area contributed by atoms with E-state index < -0.39 is 68.5 Å². The average Bonchev–Trinajstić information content (AvgIpc) is 4.16. The number of aromatic nitrogens is 2. The Labute approximate surface area is 417 Å². The van der Waals surface area contributed by atoms with Crippen LogP contribution in [0.3, 0.4) is 0 Å². The standard InChI is InChI=1S/C66H46N2Si/c1-6-24-47(25-7-1)58-45-53(69(50-28-10-3-11-29-50,51-30-12-4-13-31-51)52-32-14-5-15-33-52)46-59(48-26-8-2-9-27-48)66(58)68-64-41-23-19-37-57(64)60-44-49(42-43-65(60)68)54-34-16-20-38-61(54)67-62-39-21-17-35-55(62)56-36-18-22-40-63(56)67/h1-46H/i1D,2D,6D,7D,8D,9D,24D,25D,26D,27D. The van der Waals surface area contributed by atoms with Gasteiger partial charge in [-0.1, -0.05) is 242 Å². The Hall–Kier alpha value is -8.76. The molecule has 2 nitrogen and oxygen atoms in total. The molecule has 2 aromatic heterocycles. The van der Waals surface area contributed by atoms with Gasteiger partial charge in [0.1, 0.15) is 0 Å². The smallest absolute Gasteiger partial charge is 0.179 e. The second-order valence-corrected chi connectivity index (χ2v) is 21.0. The van der Waals surface area contributed by atoms with E-state index in [1.54, 1.807) is 0 Å². The summed E-state index contributed by atoms with van der Waals surface area (Å²) in [4.78, 5) is 0. The van der Waals surface area contributed by atoms with Crippen molar-refractivity contribution in [2.24, 2.45) is 0 Å². The molecule has 0 amide bonds. The van der Waals surface area contributed by atoms with Crippen LogP contribution in [0.2, 0.25) is 0 Å². The van der Waals surface area contributed by atoms with Gasteiger partial charge in [-0.15, -0.1) is 0 Å². The maximum atomic E-state index is 9.77. The fourth-order valence-corrected chi connectivity index (χ4v) is 15.6. The van der Waals surface area contributed by atoms with Crippen LogP contribution in [0.1, 0.15) is 13.7 Å². The van der Waals surface area contributed by atoms with E-state index in [0.29, 0.717) is 16.2 Å². The normalized spacial score (nSPS) is 13.8. The highest BCUT2D eigenvalue weighted by molar-refractivity contribution is 7.20. The Morgan fingerprint density at radius 3 is 1.20 bits per heavy atom. The van der Waals surface area contributed by atoms with Crippen LogP contribution in [0.15, 0.2) is 279 Å². The summed E-state index contributed by atoms with van der Waals surface area (Å²) in [5.41, 5.74) is 6.88. The van der Waals surface area contributed by atoms with Crippen LogP contribution in [0, 0.1) is 0 Å². The van der Waals surface area contributed by atoms with E-state index in [2.05, 4.69) is 114 Å². The Morgan fingerprint density at radius 1 is 0.290 bits per heavy atom. The van der Waals surface area contributed by atoms with Gasteiger partial charge in [-0.2, -0.15) is 0 Å². The van der Waals surface area contributed by atoms with Gasteiger partial charge in [0, 0.05) is 38.2 Å². The van der Waals surface area contributed by atoms with Gasteiger partial charge >= 0.3 is 0 Å². The van der Waals surface area contributed by atoms with Gasteiger partial charge in [0.25, 0.3) is 0 Å². The summed E-state index contributed by atoms with van der Waals surface area (Å²) < 4.78 is 97.6. The molecule has 0 aliphatic heterocycles. The summed E-state index contributed by atoms with van der Waals surface area (Å²) in [5.74, 6) is 0. The zero-order valence-electron chi connectivity index (χ0n) is 47.2. The van der Waals surface area contributed by atoms with Crippen molar-refractivity contribution in [3.8, 4) is 44.8 Å². The third-order valence-corrected chi connectivity index (χ3v) is 18.4. The summed E-state index contributed by atoms with van der Waals surface area (Å²) in [7, 11) is -3.62. The third-order valence-electron chi connectivity index (χ3n) is 13.6. The molecule has 11 aromatic carbocycles. The first-order valence-corrected chi connectivity index (χ1v) is 25.0. The van der Waals surface area contributed by atoms with Crippen molar-refractivity contribution in [2.45, 2.75) is 0 Å². The molecule has 3 heteroatoms. The molecule has 0 fully saturated rings. The number of benzene rings is 11. The van der Waals surface area contributed by atoms with E-state index in [-0.39, 0.29) is 27.9 Å². The second-order valence-electron chi connectivity index (χ2n) is 17.2. The molecule has 69 heavy (non-hydrogen) atoms. The van der Waals surface area contributed by atoms with Crippen LogP contribution in [0.25, 0.3) is 88.4 Å². The number of fused-ring (bicyclic) bond motifs is 6. The fourth-order valence-electron chi connectivity index (χ4n) is 10.8. The van der Waals surface area contributed by atoms with Gasteiger partial charge in [-0.3, -0.25) is 0 Å². The molecule has 0 radical (unpaired) electrons. The molecular formula is C66H46N2Si. The van der Waals surface area contributed by atoms with E-state index >= 15 is 0 Å². The molecule has 0 atom stereocenters. The minimum Gasteiger partial charge on any atom is -0.309 e. The van der Waals surface area contributed by atoms with Crippen molar-refractivity contribution < 1.29 is 13.7 Å². The van der Waals surface area contributed by atoms with Gasteiger partial charge in [-0.05, 0) is 73.8 Å². The highest BCUT2D eigenvalue weighted by Crippen LogP contribution is 2.43. The molecule has 0 spiro atoms. The molecule has 0 aliphatic carbocycles. The van der Waals surface area contributed by atoms with Crippen LogP contribution >= 0.6 is 0 Å².